The van der Waals surface area contributed by atoms with Crippen molar-refractivity contribution in [3.8, 4) is 0 Å². The summed E-state index contributed by atoms with van der Waals surface area (Å²) in [4.78, 5) is 26.2. The molecule has 1 heterocycles. The maximum Gasteiger partial charge on any atom is 0.454 e. The van der Waals surface area contributed by atoms with Crippen LogP contribution >= 0.6 is 0 Å². The minimum atomic E-state index is -4.87. The zero-order valence-corrected chi connectivity index (χ0v) is 11.6. The summed E-state index contributed by atoms with van der Waals surface area (Å²) in [6, 6.07) is -0.466. The highest BCUT2D eigenvalue weighted by molar-refractivity contribution is 5.94. The maximum absolute atomic E-state index is 12.2. The number of halogens is 3. The Morgan fingerprint density at radius 1 is 1.30 bits per heavy atom. The zero-order valence-electron chi connectivity index (χ0n) is 11.6. The van der Waals surface area contributed by atoms with Gasteiger partial charge >= 0.3 is 6.18 Å². The second-order valence-electron chi connectivity index (χ2n) is 4.58. The smallest absolute Gasteiger partial charge is 0.365 e. The first-order valence-electron chi connectivity index (χ1n) is 6.65. The predicted octanol–water partition coefficient (Wildman–Crippen LogP) is 1.96. The Hall–Kier alpha value is -1.53. The number of carbonyl (C=O) groups excluding carboxylic acids is 2. The number of nitrogens with zero attached hydrogens (tertiary/aromatic N) is 2. The van der Waals surface area contributed by atoms with Crippen molar-refractivity contribution in [1.82, 2.24) is 9.80 Å². The molecular formula is C13H19F3N2O2. The van der Waals surface area contributed by atoms with Crippen LogP contribution in [0.5, 0.6) is 0 Å². The molecule has 0 aromatic rings. The van der Waals surface area contributed by atoms with E-state index in [0.29, 0.717) is 32.1 Å². The van der Waals surface area contributed by atoms with Gasteiger partial charge in [0.15, 0.2) is 0 Å². The molecule has 0 aromatic carbocycles. The van der Waals surface area contributed by atoms with Crippen molar-refractivity contribution < 1.29 is 22.8 Å². The van der Waals surface area contributed by atoms with Crippen LogP contribution in [0, 0.1) is 0 Å². The summed E-state index contributed by atoms with van der Waals surface area (Å²) in [5.41, 5.74) is 0. The lowest BCUT2D eigenvalue weighted by Gasteiger charge is -2.28. The number of allylic oxidation sites excluding steroid dienone is 1. The highest BCUT2D eigenvalue weighted by Crippen LogP contribution is 2.21. The van der Waals surface area contributed by atoms with Gasteiger partial charge in [0, 0.05) is 31.9 Å². The molecule has 20 heavy (non-hydrogen) atoms. The Morgan fingerprint density at radius 3 is 2.40 bits per heavy atom. The molecule has 0 N–H and O–H groups in total. The third kappa shape index (κ3) is 3.98. The number of likely N-dealkylation sites (tertiary alicyclic amines) is 1. The summed E-state index contributed by atoms with van der Waals surface area (Å²) >= 11 is 0. The SMILES string of the molecule is CCN(CC)C(=O)C1CCCN1/C=C/C(=O)C(F)(F)F. The molecule has 1 aliphatic heterocycles. The highest BCUT2D eigenvalue weighted by atomic mass is 19.4. The third-order valence-corrected chi connectivity index (χ3v) is 3.35. The van der Waals surface area contributed by atoms with Gasteiger partial charge in [-0.25, -0.2) is 0 Å². The monoisotopic (exact) mass is 292 g/mol. The van der Waals surface area contributed by atoms with Gasteiger partial charge in [0.25, 0.3) is 5.78 Å². The zero-order chi connectivity index (χ0) is 15.3. The van der Waals surface area contributed by atoms with Crippen LogP contribution < -0.4 is 0 Å². The fourth-order valence-electron chi connectivity index (χ4n) is 2.24. The first kappa shape index (κ1) is 16.5. The van der Waals surface area contributed by atoms with Crippen molar-refractivity contribution in [2.75, 3.05) is 19.6 Å². The largest absolute Gasteiger partial charge is 0.454 e. The van der Waals surface area contributed by atoms with Gasteiger partial charge in [-0.3, -0.25) is 9.59 Å². The van der Waals surface area contributed by atoms with Gasteiger partial charge < -0.3 is 9.80 Å². The van der Waals surface area contributed by atoms with Gasteiger partial charge in [-0.05, 0) is 26.7 Å². The molecule has 7 heteroatoms. The summed E-state index contributed by atoms with van der Waals surface area (Å²) in [7, 11) is 0. The van der Waals surface area contributed by atoms with Crippen LogP contribution in [0.25, 0.3) is 0 Å². The molecule has 114 valence electrons. The Balaban J connectivity index is 2.73. The number of likely N-dealkylation sites (N-methyl/N-ethyl adjacent to an activating group) is 1. The number of hydrogen-bond acceptors (Lipinski definition) is 3. The van der Waals surface area contributed by atoms with Gasteiger partial charge in [-0.15, -0.1) is 0 Å². The van der Waals surface area contributed by atoms with Crippen molar-refractivity contribution in [3.05, 3.63) is 12.3 Å². The molecule has 0 radical (unpaired) electrons. The Kier molecular flexibility index (Phi) is 5.59. The molecule has 0 aromatic heterocycles. The topological polar surface area (TPSA) is 40.6 Å². The van der Waals surface area contributed by atoms with Crippen LogP contribution in [0.4, 0.5) is 13.2 Å². The molecule has 0 bridgehead atoms. The summed E-state index contributed by atoms with van der Waals surface area (Å²) in [5, 5.41) is 0. The second kappa shape index (κ2) is 6.76. The minimum absolute atomic E-state index is 0.100. The molecule has 1 saturated heterocycles. The standard InChI is InChI=1S/C13H19F3N2O2/c1-3-17(4-2)12(20)10-6-5-8-18(10)9-7-11(19)13(14,15)16/h7,9-10H,3-6,8H2,1-2H3/b9-7+. The summed E-state index contributed by atoms with van der Waals surface area (Å²) in [6.45, 7) is 5.31. The van der Waals surface area contributed by atoms with Crippen LogP contribution in [-0.2, 0) is 9.59 Å². The van der Waals surface area contributed by atoms with E-state index in [2.05, 4.69) is 0 Å². The van der Waals surface area contributed by atoms with E-state index < -0.39 is 18.0 Å². The van der Waals surface area contributed by atoms with E-state index in [4.69, 9.17) is 0 Å². The Morgan fingerprint density at radius 2 is 1.90 bits per heavy atom. The van der Waals surface area contributed by atoms with Crippen LogP contribution in [0.15, 0.2) is 12.3 Å². The first-order valence-corrected chi connectivity index (χ1v) is 6.65. The maximum atomic E-state index is 12.2. The predicted molar refractivity (Wildman–Crippen MR) is 67.9 cm³/mol. The second-order valence-corrected chi connectivity index (χ2v) is 4.58. The van der Waals surface area contributed by atoms with Gasteiger partial charge in [0.1, 0.15) is 6.04 Å². The first-order chi connectivity index (χ1) is 9.31. The molecule has 1 unspecified atom stereocenters. The van der Waals surface area contributed by atoms with E-state index in [-0.39, 0.29) is 5.91 Å². The van der Waals surface area contributed by atoms with Gasteiger partial charge in [-0.1, -0.05) is 0 Å². The van der Waals surface area contributed by atoms with E-state index in [9.17, 15) is 22.8 Å². The minimum Gasteiger partial charge on any atom is -0.365 e. The number of rotatable bonds is 5. The van der Waals surface area contributed by atoms with Gasteiger partial charge in [0.05, 0.1) is 0 Å². The molecule has 1 fully saturated rings. The van der Waals surface area contributed by atoms with E-state index in [1.54, 1.807) is 4.90 Å². The average molecular weight is 292 g/mol. The van der Waals surface area contributed by atoms with Crippen molar-refractivity contribution in [2.45, 2.75) is 38.9 Å². The van der Waals surface area contributed by atoms with Crippen LogP contribution in [-0.4, -0.2) is 53.3 Å². The third-order valence-electron chi connectivity index (χ3n) is 3.35. The quantitative estimate of drug-likeness (QED) is 0.727. The molecule has 0 saturated carbocycles. The number of alkyl halides is 3. The lowest BCUT2D eigenvalue weighted by Crippen LogP contribution is -2.43. The molecule has 1 atom stereocenters. The van der Waals surface area contributed by atoms with E-state index >= 15 is 0 Å². The molecule has 0 aliphatic carbocycles. The molecular weight excluding hydrogens is 273 g/mol. The number of amides is 1. The highest BCUT2D eigenvalue weighted by Gasteiger charge is 2.37. The fraction of sp³-hybridized carbons (Fsp3) is 0.692. The number of hydrogen-bond donors (Lipinski definition) is 0. The van der Waals surface area contributed by atoms with Gasteiger partial charge in [-0.2, -0.15) is 13.2 Å². The summed E-state index contributed by atoms with van der Waals surface area (Å²) in [6.07, 6.45) is -1.96. The van der Waals surface area contributed by atoms with Crippen molar-refractivity contribution in [3.63, 3.8) is 0 Å². The van der Waals surface area contributed by atoms with Crippen molar-refractivity contribution >= 4 is 11.7 Å². The molecule has 1 amide bonds. The van der Waals surface area contributed by atoms with Crippen LogP contribution in [0.2, 0.25) is 0 Å². The molecule has 4 nitrogen and oxygen atoms in total. The lowest BCUT2D eigenvalue weighted by molar-refractivity contribution is -0.165. The Bertz CT molecular complexity index is 390. The average Bonchev–Trinajstić information content (AvgIpc) is 2.84. The molecule has 1 rings (SSSR count). The van der Waals surface area contributed by atoms with Gasteiger partial charge in [0.2, 0.25) is 5.91 Å². The summed E-state index contributed by atoms with van der Waals surface area (Å²) < 4.78 is 36.4. The van der Waals surface area contributed by atoms with E-state index in [0.717, 1.165) is 12.6 Å². The molecule has 1 aliphatic rings. The van der Waals surface area contributed by atoms with Crippen LogP contribution in [0.3, 0.4) is 0 Å². The Labute approximate surface area is 116 Å². The van der Waals surface area contributed by atoms with Crippen molar-refractivity contribution in [1.29, 1.82) is 0 Å². The van der Waals surface area contributed by atoms with E-state index in [1.807, 2.05) is 13.8 Å². The lowest BCUT2D eigenvalue weighted by atomic mass is 10.2. The number of ketones is 1. The number of carbonyl (C=O) groups is 2. The van der Waals surface area contributed by atoms with Crippen molar-refractivity contribution in [2.24, 2.45) is 0 Å². The van der Waals surface area contributed by atoms with Crippen LogP contribution in [0.1, 0.15) is 26.7 Å². The normalized spacial score (nSPS) is 19.6. The fourth-order valence-corrected chi connectivity index (χ4v) is 2.24. The summed E-state index contributed by atoms with van der Waals surface area (Å²) in [5.74, 6) is -2.00. The van der Waals surface area contributed by atoms with E-state index in [1.165, 1.54) is 4.90 Å². The molecule has 0 spiro atoms.